The quantitative estimate of drug-likeness (QED) is 0.743. The van der Waals surface area contributed by atoms with Crippen molar-refractivity contribution in [2.24, 2.45) is 0 Å². The van der Waals surface area contributed by atoms with Crippen molar-refractivity contribution >= 4 is 21.7 Å². The van der Waals surface area contributed by atoms with Crippen molar-refractivity contribution in [3.05, 3.63) is 33.8 Å². The van der Waals surface area contributed by atoms with Crippen LogP contribution in [-0.4, -0.2) is 5.78 Å². The Labute approximate surface area is 85.3 Å². The molecule has 0 atom stereocenters. The molecular weight excluding hydrogens is 230 g/mol. The highest BCUT2D eigenvalue weighted by atomic mass is 79.9. The lowest BCUT2D eigenvalue weighted by Crippen LogP contribution is -1.98. The van der Waals surface area contributed by atoms with Crippen LogP contribution >= 0.6 is 15.9 Å². The largest absolute Gasteiger partial charge is 0.293 e. The van der Waals surface area contributed by atoms with Gasteiger partial charge in [-0.3, -0.25) is 4.79 Å². The molecule has 0 aliphatic heterocycles. The molecule has 0 aliphatic rings. The highest BCUT2D eigenvalue weighted by molar-refractivity contribution is 9.10. The summed E-state index contributed by atoms with van der Waals surface area (Å²) in [5.74, 6) is -0.141. The van der Waals surface area contributed by atoms with Crippen molar-refractivity contribution in [2.75, 3.05) is 0 Å². The van der Waals surface area contributed by atoms with E-state index in [1.54, 1.807) is 6.07 Å². The number of carbonyl (C=O) groups is 1. The van der Waals surface area contributed by atoms with Crippen molar-refractivity contribution in [1.82, 2.24) is 0 Å². The van der Waals surface area contributed by atoms with Crippen molar-refractivity contribution in [3.63, 3.8) is 0 Å². The number of benzene rings is 1. The standard InChI is InChI=1S/C10H8BrNO/c1-7-2-3-9(11)8(6-7)10(13)4-5-12/h2-3,6H,4H2,1H3. The van der Waals surface area contributed by atoms with Gasteiger partial charge in [-0.2, -0.15) is 5.26 Å². The summed E-state index contributed by atoms with van der Waals surface area (Å²) in [5.41, 5.74) is 1.60. The molecule has 0 spiro atoms. The van der Waals surface area contributed by atoms with E-state index in [2.05, 4.69) is 15.9 Å². The van der Waals surface area contributed by atoms with Crippen LogP contribution in [0.4, 0.5) is 0 Å². The van der Waals surface area contributed by atoms with E-state index in [0.29, 0.717) is 5.56 Å². The Kier molecular flexibility index (Phi) is 3.21. The second-order valence-corrected chi connectivity index (χ2v) is 3.60. The molecule has 0 radical (unpaired) electrons. The van der Waals surface area contributed by atoms with Crippen LogP contribution in [0.25, 0.3) is 0 Å². The maximum absolute atomic E-state index is 11.4. The van der Waals surface area contributed by atoms with E-state index in [0.717, 1.165) is 10.0 Å². The number of ketones is 1. The lowest BCUT2D eigenvalue weighted by molar-refractivity contribution is 0.0997. The van der Waals surface area contributed by atoms with Gasteiger partial charge in [-0.1, -0.05) is 27.6 Å². The predicted octanol–water partition coefficient (Wildman–Crippen LogP) is 2.85. The molecule has 0 fully saturated rings. The van der Waals surface area contributed by atoms with Gasteiger partial charge in [0.25, 0.3) is 0 Å². The van der Waals surface area contributed by atoms with Crippen LogP contribution < -0.4 is 0 Å². The summed E-state index contributed by atoms with van der Waals surface area (Å²) in [6.07, 6.45) is -0.0674. The highest BCUT2D eigenvalue weighted by Gasteiger charge is 2.08. The Bertz CT molecular complexity index is 379. The number of nitriles is 1. The third-order valence-corrected chi connectivity index (χ3v) is 2.35. The Morgan fingerprint density at radius 3 is 2.92 bits per heavy atom. The van der Waals surface area contributed by atoms with Crippen molar-refractivity contribution in [3.8, 4) is 6.07 Å². The normalized spacial score (nSPS) is 9.31. The van der Waals surface area contributed by atoms with Crippen LogP contribution in [0.15, 0.2) is 22.7 Å². The first-order valence-corrected chi connectivity index (χ1v) is 4.60. The van der Waals surface area contributed by atoms with Gasteiger partial charge in [0.15, 0.2) is 5.78 Å². The molecule has 0 amide bonds. The summed E-state index contributed by atoms with van der Waals surface area (Å²) in [7, 11) is 0. The molecule has 1 rings (SSSR count). The molecule has 0 bridgehead atoms. The van der Waals surface area contributed by atoms with Gasteiger partial charge in [0.1, 0.15) is 0 Å². The number of halogens is 1. The van der Waals surface area contributed by atoms with Gasteiger partial charge in [-0.15, -0.1) is 0 Å². The van der Waals surface area contributed by atoms with Crippen LogP contribution in [-0.2, 0) is 0 Å². The summed E-state index contributed by atoms with van der Waals surface area (Å²) >= 11 is 3.27. The zero-order valence-electron chi connectivity index (χ0n) is 7.17. The van der Waals surface area contributed by atoms with Crippen LogP contribution in [0.3, 0.4) is 0 Å². The fourth-order valence-corrected chi connectivity index (χ4v) is 1.49. The van der Waals surface area contributed by atoms with Crippen LogP contribution in [0.5, 0.6) is 0 Å². The molecule has 0 aromatic heterocycles. The maximum atomic E-state index is 11.4. The van der Waals surface area contributed by atoms with Gasteiger partial charge in [0.05, 0.1) is 12.5 Å². The molecule has 66 valence electrons. The topological polar surface area (TPSA) is 40.9 Å². The lowest BCUT2D eigenvalue weighted by Gasteiger charge is -2.01. The number of Topliss-reactive ketones (excluding diaryl/α,β-unsaturated/α-hetero) is 1. The molecule has 0 N–H and O–H groups in total. The molecule has 1 aromatic rings. The molecule has 1 aromatic carbocycles. The maximum Gasteiger partial charge on any atom is 0.178 e. The van der Waals surface area contributed by atoms with E-state index in [1.807, 2.05) is 25.1 Å². The molecule has 2 nitrogen and oxygen atoms in total. The molecule has 3 heteroatoms. The summed E-state index contributed by atoms with van der Waals surface area (Å²) in [6.45, 7) is 1.91. The van der Waals surface area contributed by atoms with E-state index in [-0.39, 0.29) is 12.2 Å². The number of nitrogens with zero attached hydrogens (tertiary/aromatic N) is 1. The number of hydrogen-bond donors (Lipinski definition) is 0. The third kappa shape index (κ3) is 2.40. The molecule has 0 heterocycles. The smallest absolute Gasteiger partial charge is 0.178 e. The average Bonchev–Trinajstić information content (AvgIpc) is 2.09. The van der Waals surface area contributed by atoms with Gasteiger partial charge in [-0.25, -0.2) is 0 Å². The first kappa shape index (κ1) is 9.94. The first-order chi connectivity index (χ1) is 6.15. The minimum absolute atomic E-state index is 0.0674. The zero-order valence-corrected chi connectivity index (χ0v) is 8.76. The SMILES string of the molecule is Cc1ccc(Br)c(C(=O)CC#N)c1. The Morgan fingerprint density at radius 1 is 1.62 bits per heavy atom. The average molecular weight is 238 g/mol. The van der Waals surface area contributed by atoms with Crippen molar-refractivity contribution in [2.45, 2.75) is 13.3 Å². The molecule has 0 saturated heterocycles. The summed E-state index contributed by atoms with van der Waals surface area (Å²) < 4.78 is 0.748. The fourth-order valence-electron chi connectivity index (χ4n) is 1.02. The highest BCUT2D eigenvalue weighted by Crippen LogP contribution is 2.19. The Hall–Kier alpha value is -1.14. The number of aryl methyl sites for hydroxylation is 1. The van der Waals surface area contributed by atoms with E-state index >= 15 is 0 Å². The van der Waals surface area contributed by atoms with Gasteiger partial charge in [-0.05, 0) is 19.1 Å². The summed E-state index contributed by atoms with van der Waals surface area (Å²) in [6, 6.07) is 7.35. The van der Waals surface area contributed by atoms with Crippen molar-refractivity contribution in [1.29, 1.82) is 5.26 Å². The second-order valence-electron chi connectivity index (χ2n) is 2.74. The van der Waals surface area contributed by atoms with Gasteiger partial charge in [0, 0.05) is 10.0 Å². The minimum atomic E-state index is -0.141. The summed E-state index contributed by atoms with van der Waals surface area (Å²) in [4.78, 5) is 11.4. The predicted molar refractivity (Wildman–Crippen MR) is 53.4 cm³/mol. The third-order valence-electron chi connectivity index (χ3n) is 1.66. The molecule has 13 heavy (non-hydrogen) atoms. The molecule has 0 saturated carbocycles. The van der Waals surface area contributed by atoms with E-state index in [1.165, 1.54) is 0 Å². The zero-order chi connectivity index (χ0) is 9.84. The van der Waals surface area contributed by atoms with Crippen LogP contribution in [0.1, 0.15) is 22.3 Å². The van der Waals surface area contributed by atoms with Gasteiger partial charge in [0.2, 0.25) is 0 Å². The van der Waals surface area contributed by atoms with Crippen LogP contribution in [0.2, 0.25) is 0 Å². The van der Waals surface area contributed by atoms with E-state index in [4.69, 9.17) is 5.26 Å². The molecule has 0 aliphatic carbocycles. The molecular formula is C10H8BrNO. The molecule has 0 unspecified atom stereocenters. The number of carbonyl (C=O) groups excluding carboxylic acids is 1. The summed E-state index contributed by atoms with van der Waals surface area (Å²) in [5, 5.41) is 8.37. The van der Waals surface area contributed by atoms with E-state index in [9.17, 15) is 4.79 Å². The van der Waals surface area contributed by atoms with Crippen molar-refractivity contribution < 1.29 is 4.79 Å². The van der Waals surface area contributed by atoms with E-state index < -0.39 is 0 Å². The van der Waals surface area contributed by atoms with Crippen LogP contribution in [0, 0.1) is 18.3 Å². The van der Waals surface area contributed by atoms with Gasteiger partial charge < -0.3 is 0 Å². The lowest BCUT2D eigenvalue weighted by atomic mass is 10.1. The Balaban J connectivity index is 3.07. The fraction of sp³-hybridized carbons (Fsp3) is 0.200. The number of rotatable bonds is 2. The monoisotopic (exact) mass is 237 g/mol. The Morgan fingerprint density at radius 2 is 2.31 bits per heavy atom. The van der Waals surface area contributed by atoms with Gasteiger partial charge >= 0.3 is 0 Å². The number of hydrogen-bond acceptors (Lipinski definition) is 2. The minimum Gasteiger partial charge on any atom is -0.293 e. The second kappa shape index (κ2) is 4.20. The first-order valence-electron chi connectivity index (χ1n) is 3.81.